The average molecular weight is 397 g/mol. The van der Waals surface area contributed by atoms with Crippen LogP contribution in [0.3, 0.4) is 0 Å². The first kappa shape index (κ1) is 21.9. The number of amides is 3. The molecule has 0 radical (unpaired) electrons. The zero-order valence-electron chi connectivity index (χ0n) is 17.1. The molecule has 2 aromatic carbocycles. The first-order chi connectivity index (χ1) is 13.8. The van der Waals surface area contributed by atoms with Gasteiger partial charge in [-0.05, 0) is 55.3 Å². The molecule has 0 heterocycles. The van der Waals surface area contributed by atoms with Gasteiger partial charge in [0, 0.05) is 17.2 Å². The number of hydrogen-bond donors (Lipinski definition) is 3. The molecule has 1 unspecified atom stereocenters. The Morgan fingerprint density at radius 1 is 0.966 bits per heavy atom. The number of benzene rings is 2. The molecule has 7 heteroatoms. The number of carbonyl (C=O) groups excluding carboxylic acids is 3. The minimum Gasteiger partial charge on any atom is -0.481 e. The van der Waals surface area contributed by atoms with Gasteiger partial charge in [0.25, 0.3) is 11.8 Å². The molecule has 0 fully saturated rings. The Bertz CT molecular complexity index is 863. The highest BCUT2D eigenvalue weighted by atomic mass is 16.5. The molecule has 0 saturated heterocycles. The molecular weight excluding hydrogens is 370 g/mol. The third-order valence-electron chi connectivity index (χ3n) is 4.17. The van der Waals surface area contributed by atoms with Gasteiger partial charge >= 0.3 is 0 Å². The maximum absolute atomic E-state index is 12.3. The Kier molecular flexibility index (Phi) is 7.77. The van der Waals surface area contributed by atoms with Crippen molar-refractivity contribution in [2.45, 2.75) is 40.2 Å². The number of nitrogens with one attached hydrogen (secondary N) is 3. The smallest absolute Gasteiger partial charge is 0.279 e. The first-order valence-electron chi connectivity index (χ1n) is 9.54. The van der Waals surface area contributed by atoms with E-state index in [0.717, 1.165) is 5.56 Å². The average Bonchev–Trinajstić information content (AvgIpc) is 2.70. The largest absolute Gasteiger partial charge is 0.481 e. The van der Waals surface area contributed by atoms with Crippen molar-refractivity contribution in [3.05, 3.63) is 59.7 Å². The number of hydrogen-bond acceptors (Lipinski definition) is 4. The third-order valence-corrected chi connectivity index (χ3v) is 4.17. The summed E-state index contributed by atoms with van der Waals surface area (Å²) < 4.78 is 5.71. The van der Waals surface area contributed by atoms with Crippen LogP contribution in [0, 0.1) is 12.8 Å². The summed E-state index contributed by atoms with van der Waals surface area (Å²) in [7, 11) is 0. The zero-order valence-corrected chi connectivity index (χ0v) is 17.1. The normalized spacial score (nSPS) is 11.5. The molecule has 0 spiro atoms. The summed E-state index contributed by atoms with van der Waals surface area (Å²) >= 11 is 0. The monoisotopic (exact) mass is 397 g/mol. The fourth-order valence-corrected chi connectivity index (χ4v) is 2.44. The van der Waals surface area contributed by atoms with Gasteiger partial charge in [-0.2, -0.15) is 0 Å². The van der Waals surface area contributed by atoms with Gasteiger partial charge in [-0.15, -0.1) is 0 Å². The minimum absolute atomic E-state index is 0.103. The molecule has 29 heavy (non-hydrogen) atoms. The highest BCUT2D eigenvalue weighted by molar-refractivity contribution is 5.97. The van der Waals surface area contributed by atoms with Crippen LogP contribution in [0.4, 0.5) is 5.69 Å². The molecule has 0 aliphatic heterocycles. The topological polar surface area (TPSA) is 96.5 Å². The summed E-state index contributed by atoms with van der Waals surface area (Å²) in [6.07, 6.45) is -0.286. The molecule has 2 aromatic rings. The van der Waals surface area contributed by atoms with Crippen molar-refractivity contribution in [2.24, 2.45) is 5.92 Å². The van der Waals surface area contributed by atoms with Crippen molar-refractivity contribution in [3.63, 3.8) is 0 Å². The van der Waals surface area contributed by atoms with Gasteiger partial charge in [0.05, 0.1) is 0 Å². The van der Waals surface area contributed by atoms with Crippen molar-refractivity contribution < 1.29 is 19.1 Å². The number of ether oxygens (including phenoxy) is 1. The van der Waals surface area contributed by atoms with Crippen molar-refractivity contribution in [2.75, 3.05) is 5.32 Å². The van der Waals surface area contributed by atoms with Crippen LogP contribution in [0.2, 0.25) is 0 Å². The van der Waals surface area contributed by atoms with Crippen LogP contribution in [-0.4, -0.2) is 23.8 Å². The van der Waals surface area contributed by atoms with E-state index in [4.69, 9.17) is 4.74 Å². The molecule has 2 rings (SSSR count). The summed E-state index contributed by atoms with van der Waals surface area (Å²) in [6.45, 7) is 7.36. The second-order valence-corrected chi connectivity index (χ2v) is 7.00. The van der Waals surface area contributed by atoms with Crippen molar-refractivity contribution in [1.29, 1.82) is 0 Å². The van der Waals surface area contributed by atoms with E-state index in [-0.39, 0.29) is 11.8 Å². The van der Waals surface area contributed by atoms with Gasteiger partial charge in [0.2, 0.25) is 5.91 Å². The van der Waals surface area contributed by atoms with Crippen LogP contribution in [0.1, 0.15) is 43.1 Å². The van der Waals surface area contributed by atoms with E-state index in [1.165, 1.54) is 0 Å². The maximum Gasteiger partial charge on any atom is 0.279 e. The second-order valence-electron chi connectivity index (χ2n) is 7.00. The number of aryl methyl sites for hydroxylation is 1. The quantitative estimate of drug-likeness (QED) is 0.625. The van der Waals surface area contributed by atoms with E-state index in [1.807, 2.05) is 32.0 Å². The molecule has 0 bridgehead atoms. The van der Waals surface area contributed by atoms with Crippen molar-refractivity contribution in [1.82, 2.24) is 10.9 Å². The van der Waals surface area contributed by atoms with E-state index in [2.05, 4.69) is 16.2 Å². The van der Waals surface area contributed by atoms with Gasteiger partial charge in [-0.25, -0.2) is 0 Å². The molecule has 154 valence electrons. The SMILES string of the molecule is CCC(Oc1cccc(C)c1)C(=O)NNC(=O)c1ccc(NC(=O)C(C)C)cc1. The summed E-state index contributed by atoms with van der Waals surface area (Å²) in [6, 6.07) is 13.8. The fourth-order valence-electron chi connectivity index (χ4n) is 2.44. The summed E-state index contributed by atoms with van der Waals surface area (Å²) in [5, 5.41) is 2.75. The van der Waals surface area contributed by atoms with E-state index in [9.17, 15) is 14.4 Å². The molecule has 0 aliphatic rings. The fraction of sp³-hybridized carbons (Fsp3) is 0.318. The van der Waals surface area contributed by atoms with Gasteiger partial charge < -0.3 is 10.1 Å². The minimum atomic E-state index is -0.731. The second kappa shape index (κ2) is 10.3. The molecule has 0 aliphatic carbocycles. The molecule has 0 saturated carbocycles. The number of rotatable bonds is 7. The van der Waals surface area contributed by atoms with Crippen LogP contribution >= 0.6 is 0 Å². The zero-order chi connectivity index (χ0) is 21.4. The van der Waals surface area contributed by atoms with E-state index in [0.29, 0.717) is 23.4 Å². The lowest BCUT2D eigenvalue weighted by atomic mass is 10.1. The highest BCUT2D eigenvalue weighted by Gasteiger charge is 2.19. The molecular formula is C22H27N3O4. The van der Waals surface area contributed by atoms with Gasteiger partial charge in [0.1, 0.15) is 5.75 Å². The van der Waals surface area contributed by atoms with E-state index >= 15 is 0 Å². The third kappa shape index (κ3) is 6.64. The number of carbonyl (C=O) groups is 3. The molecule has 3 amide bonds. The van der Waals surface area contributed by atoms with E-state index in [1.54, 1.807) is 44.2 Å². The maximum atomic E-state index is 12.3. The molecule has 1 atom stereocenters. The van der Waals surface area contributed by atoms with Gasteiger partial charge in [-0.3, -0.25) is 25.2 Å². The summed E-state index contributed by atoms with van der Waals surface area (Å²) in [4.78, 5) is 36.3. The van der Waals surface area contributed by atoms with Gasteiger partial charge in [-0.1, -0.05) is 32.9 Å². The van der Waals surface area contributed by atoms with Gasteiger partial charge in [0.15, 0.2) is 6.10 Å². The predicted octanol–water partition coefficient (Wildman–Crippen LogP) is 3.21. The molecule has 0 aromatic heterocycles. The highest BCUT2D eigenvalue weighted by Crippen LogP contribution is 2.15. The lowest BCUT2D eigenvalue weighted by molar-refractivity contribution is -0.128. The Morgan fingerprint density at radius 3 is 2.24 bits per heavy atom. The Morgan fingerprint density at radius 2 is 1.66 bits per heavy atom. The Labute approximate surface area is 170 Å². The van der Waals surface area contributed by atoms with E-state index < -0.39 is 17.9 Å². The lowest BCUT2D eigenvalue weighted by Gasteiger charge is -2.18. The summed E-state index contributed by atoms with van der Waals surface area (Å²) in [5.41, 5.74) is 6.75. The van der Waals surface area contributed by atoms with Crippen molar-refractivity contribution >= 4 is 23.4 Å². The molecule has 7 nitrogen and oxygen atoms in total. The molecule has 3 N–H and O–H groups in total. The number of hydrazine groups is 1. The first-order valence-corrected chi connectivity index (χ1v) is 9.54. The van der Waals surface area contributed by atoms with Crippen LogP contribution in [0.15, 0.2) is 48.5 Å². The number of anilines is 1. The lowest BCUT2D eigenvalue weighted by Crippen LogP contribution is -2.47. The standard InChI is InChI=1S/C22H27N3O4/c1-5-19(29-18-8-6-7-15(4)13-18)22(28)25-24-21(27)16-9-11-17(12-10-16)23-20(26)14(2)3/h6-14,19H,5H2,1-4H3,(H,23,26)(H,24,27)(H,25,28). The predicted molar refractivity (Wildman–Crippen MR) is 111 cm³/mol. The Balaban J connectivity index is 1.89. The van der Waals surface area contributed by atoms with Crippen LogP contribution in [-0.2, 0) is 9.59 Å². The summed E-state index contributed by atoms with van der Waals surface area (Å²) in [5.74, 6) is -0.554. The van der Waals surface area contributed by atoms with Crippen LogP contribution in [0.25, 0.3) is 0 Å². The van der Waals surface area contributed by atoms with Crippen LogP contribution < -0.4 is 20.9 Å². The Hall–Kier alpha value is -3.35. The van der Waals surface area contributed by atoms with Crippen LogP contribution in [0.5, 0.6) is 5.75 Å². The van der Waals surface area contributed by atoms with Crippen molar-refractivity contribution in [3.8, 4) is 5.75 Å².